The van der Waals surface area contributed by atoms with E-state index in [0.29, 0.717) is 16.1 Å². The second kappa shape index (κ2) is 4.39. The highest BCUT2D eigenvalue weighted by molar-refractivity contribution is 5.87. The molecular weight excluding hydrogens is 248 g/mol. The first-order valence-corrected chi connectivity index (χ1v) is 5.82. The zero-order valence-electron chi connectivity index (χ0n) is 10.2. The van der Waals surface area contributed by atoms with Crippen molar-refractivity contribution in [2.24, 2.45) is 0 Å². The molecule has 0 saturated carbocycles. The monoisotopic (exact) mass is 259 g/mol. The van der Waals surface area contributed by atoms with E-state index < -0.39 is 5.82 Å². The standard InChI is InChI=1S/C15H11F2NO/c1-19-11-8-6-10(7-9-11)15-14(16)12-4-2-3-5-13(12)18(15)17/h2-9H,1H3. The van der Waals surface area contributed by atoms with Crippen molar-refractivity contribution in [1.82, 2.24) is 4.79 Å². The number of methoxy groups -OCH3 is 1. The molecule has 2 aromatic carbocycles. The maximum Gasteiger partial charge on any atom is 0.159 e. The summed E-state index contributed by atoms with van der Waals surface area (Å²) >= 11 is 0. The molecule has 0 aliphatic carbocycles. The van der Waals surface area contributed by atoms with Gasteiger partial charge in [-0.05, 0) is 36.4 Å². The molecule has 1 aromatic heterocycles. The van der Waals surface area contributed by atoms with Gasteiger partial charge in [0.2, 0.25) is 0 Å². The van der Waals surface area contributed by atoms with Gasteiger partial charge >= 0.3 is 0 Å². The summed E-state index contributed by atoms with van der Waals surface area (Å²) in [6, 6.07) is 13.1. The van der Waals surface area contributed by atoms with E-state index in [1.807, 2.05) is 0 Å². The lowest BCUT2D eigenvalue weighted by atomic mass is 10.1. The number of ether oxygens (including phenoxy) is 1. The van der Waals surface area contributed by atoms with Crippen LogP contribution >= 0.6 is 0 Å². The number of hydrogen-bond acceptors (Lipinski definition) is 1. The van der Waals surface area contributed by atoms with Gasteiger partial charge in [0.1, 0.15) is 11.4 Å². The maximum absolute atomic E-state index is 14.3. The van der Waals surface area contributed by atoms with Crippen molar-refractivity contribution in [1.29, 1.82) is 0 Å². The van der Waals surface area contributed by atoms with Gasteiger partial charge in [0.15, 0.2) is 5.82 Å². The highest BCUT2D eigenvalue weighted by Crippen LogP contribution is 2.33. The Morgan fingerprint density at radius 3 is 2.32 bits per heavy atom. The van der Waals surface area contributed by atoms with Crippen molar-refractivity contribution in [2.45, 2.75) is 0 Å². The van der Waals surface area contributed by atoms with Crippen molar-refractivity contribution < 1.29 is 13.6 Å². The van der Waals surface area contributed by atoms with E-state index in [2.05, 4.69) is 0 Å². The van der Waals surface area contributed by atoms with Crippen LogP contribution in [0.15, 0.2) is 48.5 Å². The lowest BCUT2D eigenvalue weighted by Gasteiger charge is -2.03. The minimum atomic E-state index is -0.553. The normalized spacial score (nSPS) is 10.9. The van der Waals surface area contributed by atoms with Gasteiger partial charge in [-0.3, -0.25) is 0 Å². The van der Waals surface area contributed by atoms with Crippen LogP contribution in [0.5, 0.6) is 5.75 Å². The molecule has 0 aliphatic heterocycles. The van der Waals surface area contributed by atoms with Crippen molar-refractivity contribution in [3.05, 3.63) is 54.3 Å². The van der Waals surface area contributed by atoms with Crippen LogP contribution in [0.1, 0.15) is 0 Å². The molecule has 0 aliphatic rings. The van der Waals surface area contributed by atoms with Crippen molar-refractivity contribution >= 4 is 10.9 Å². The van der Waals surface area contributed by atoms with E-state index in [1.54, 1.807) is 55.6 Å². The molecular formula is C15H11F2NO. The Morgan fingerprint density at radius 1 is 1.00 bits per heavy atom. The highest BCUT2D eigenvalue weighted by atomic mass is 19.2. The lowest BCUT2D eigenvalue weighted by molar-refractivity contribution is 0.389. The van der Waals surface area contributed by atoms with E-state index in [-0.39, 0.29) is 16.6 Å². The van der Waals surface area contributed by atoms with Gasteiger partial charge in [-0.2, -0.15) is 4.79 Å². The molecule has 3 rings (SSSR count). The summed E-state index contributed by atoms with van der Waals surface area (Å²) in [4.78, 5) is 0.381. The smallest absolute Gasteiger partial charge is 0.159 e. The van der Waals surface area contributed by atoms with E-state index in [9.17, 15) is 8.87 Å². The van der Waals surface area contributed by atoms with E-state index >= 15 is 0 Å². The predicted molar refractivity (Wildman–Crippen MR) is 70.4 cm³/mol. The van der Waals surface area contributed by atoms with Gasteiger partial charge in [-0.1, -0.05) is 16.6 Å². The fourth-order valence-corrected chi connectivity index (χ4v) is 2.15. The van der Waals surface area contributed by atoms with Gasteiger partial charge in [0, 0.05) is 10.9 Å². The molecule has 0 unspecified atom stereocenters. The number of fused-ring (bicyclic) bond motifs is 1. The van der Waals surface area contributed by atoms with Crippen LogP contribution in [-0.4, -0.2) is 11.9 Å². The summed E-state index contributed by atoms with van der Waals surface area (Å²) < 4.78 is 33.5. The molecule has 0 fully saturated rings. The van der Waals surface area contributed by atoms with Crippen LogP contribution in [0.2, 0.25) is 0 Å². The van der Waals surface area contributed by atoms with Crippen LogP contribution in [0.4, 0.5) is 8.87 Å². The topological polar surface area (TPSA) is 14.2 Å². The Hall–Kier alpha value is -2.36. The molecule has 0 amide bonds. The lowest BCUT2D eigenvalue weighted by Crippen LogP contribution is -1.89. The minimum absolute atomic E-state index is 0.0659. The number of para-hydroxylation sites is 1. The molecule has 0 saturated heterocycles. The summed E-state index contributed by atoms with van der Waals surface area (Å²) in [5.41, 5.74) is 0.631. The Balaban J connectivity index is 2.24. The zero-order chi connectivity index (χ0) is 13.4. The van der Waals surface area contributed by atoms with Crippen molar-refractivity contribution in [2.75, 3.05) is 7.11 Å². The predicted octanol–water partition coefficient (Wildman–Crippen LogP) is 4.19. The molecule has 19 heavy (non-hydrogen) atoms. The Kier molecular flexibility index (Phi) is 2.71. The Bertz CT molecular complexity index is 693. The molecule has 0 N–H and O–H groups in total. The highest BCUT2D eigenvalue weighted by Gasteiger charge is 2.18. The number of nitrogens with zero attached hydrogens (tertiary/aromatic N) is 1. The molecule has 2 nitrogen and oxygen atoms in total. The fourth-order valence-electron chi connectivity index (χ4n) is 2.15. The second-order valence-corrected chi connectivity index (χ2v) is 4.19. The van der Waals surface area contributed by atoms with Crippen LogP contribution in [-0.2, 0) is 0 Å². The third kappa shape index (κ3) is 1.76. The van der Waals surface area contributed by atoms with Gasteiger partial charge in [-0.25, -0.2) is 4.39 Å². The van der Waals surface area contributed by atoms with Gasteiger partial charge < -0.3 is 4.74 Å². The first-order valence-electron chi connectivity index (χ1n) is 5.82. The van der Waals surface area contributed by atoms with Crippen LogP contribution in [0.25, 0.3) is 22.2 Å². The molecule has 0 atom stereocenters. The van der Waals surface area contributed by atoms with Crippen molar-refractivity contribution in [3.8, 4) is 17.0 Å². The van der Waals surface area contributed by atoms with Gasteiger partial charge in [0.25, 0.3) is 0 Å². The third-order valence-electron chi connectivity index (χ3n) is 3.12. The largest absolute Gasteiger partial charge is 0.497 e. The Morgan fingerprint density at radius 2 is 1.68 bits per heavy atom. The maximum atomic E-state index is 14.3. The van der Waals surface area contributed by atoms with Crippen LogP contribution in [0, 0.1) is 5.82 Å². The third-order valence-corrected chi connectivity index (χ3v) is 3.12. The van der Waals surface area contributed by atoms with Crippen molar-refractivity contribution in [3.63, 3.8) is 0 Å². The first kappa shape index (κ1) is 11.7. The van der Waals surface area contributed by atoms with Gasteiger partial charge in [0.05, 0.1) is 12.6 Å². The summed E-state index contributed by atoms with van der Waals surface area (Å²) in [6.07, 6.45) is 0. The number of halogens is 2. The van der Waals surface area contributed by atoms with E-state index in [1.165, 1.54) is 0 Å². The Labute approximate surface area is 108 Å². The zero-order valence-corrected chi connectivity index (χ0v) is 10.2. The second-order valence-electron chi connectivity index (χ2n) is 4.19. The summed E-state index contributed by atoms with van der Waals surface area (Å²) in [5.74, 6) is 0.0916. The number of rotatable bonds is 2. The first-order chi connectivity index (χ1) is 9.22. The number of benzene rings is 2. The molecule has 0 spiro atoms. The van der Waals surface area contributed by atoms with E-state index in [0.717, 1.165) is 0 Å². The summed E-state index contributed by atoms with van der Waals surface area (Å²) in [5, 5.41) is 0.274. The molecule has 96 valence electrons. The van der Waals surface area contributed by atoms with Crippen LogP contribution in [0.3, 0.4) is 0 Å². The molecule has 0 radical (unpaired) electrons. The number of aromatic nitrogens is 1. The van der Waals surface area contributed by atoms with Gasteiger partial charge in [-0.15, -0.1) is 0 Å². The molecule has 3 aromatic rings. The van der Waals surface area contributed by atoms with Crippen LogP contribution < -0.4 is 4.74 Å². The molecule has 1 heterocycles. The minimum Gasteiger partial charge on any atom is -0.497 e. The number of hydrogen-bond donors (Lipinski definition) is 0. The quantitative estimate of drug-likeness (QED) is 0.673. The van der Waals surface area contributed by atoms with E-state index in [4.69, 9.17) is 4.74 Å². The average molecular weight is 259 g/mol. The fraction of sp³-hybridized carbons (Fsp3) is 0.0667. The molecule has 4 heteroatoms. The average Bonchev–Trinajstić information content (AvgIpc) is 2.72. The summed E-state index contributed by atoms with van der Waals surface area (Å²) in [7, 11) is 1.54. The molecule has 0 bridgehead atoms. The SMILES string of the molecule is COc1ccc(-c2c(F)c3ccccc3n2F)cc1. The summed E-state index contributed by atoms with van der Waals surface area (Å²) in [6.45, 7) is 0.